The van der Waals surface area contributed by atoms with Gasteiger partial charge in [-0.25, -0.2) is 4.98 Å². The van der Waals surface area contributed by atoms with E-state index in [1.807, 2.05) is 30.3 Å². The van der Waals surface area contributed by atoms with Crippen molar-refractivity contribution in [2.75, 3.05) is 0 Å². The highest BCUT2D eigenvalue weighted by Gasteiger charge is 2.12. The summed E-state index contributed by atoms with van der Waals surface area (Å²) in [4.78, 5) is 8.53. The molecule has 0 aliphatic rings. The third-order valence-electron chi connectivity index (χ3n) is 3.05. The fraction of sp³-hybridized carbons (Fsp3) is 0.125. The van der Waals surface area contributed by atoms with E-state index in [-0.39, 0.29) is 0 Å². The average molecular weight is 266 g/mol. The number of nitrogens with zero attached hydrogens (tertiary/aromatic N) is 2. The lowest BCUT2D eigenvalue weighted by molar-refractivity contribution is 0.194. The minimum atomic E-state index is -0.637. The Bertz CT molecular complexity index is 736. The largest absolute Gasteiger partial charge is 0.436 e. The minimum Gasteiger partial charge on any atom is -0.436 e. The Hall–Kier alpha value is -2.46. The number of rotatable bonds is 3. The maximum Gasteiger partial charge on any atom is 0.225 e. The van der Waals surface area contributed by atoms with Crippen LogP contribution in [0.2, 0.25) is 0 Å². The van der Waals surface area contributed by atoms with Gasteiger partial charge < -0.3 is 9.84 Å². The molecule has 0 aliphatic heterocycles. The molecule has 0 amide bonds. The Kier molecular flexibility index (Phi) is 3.31. The molecule has 0 saturated carbocycles. The zero-order valence-corrected chi connectivity index (χ0v) is 11.0. The quantitative estimate of drug-likeness (QED) is 0.788. The van der Waals surface area contributed by atoms with Gasteiger partial charge in [0, 0.05) is 23.3 Å². The number of aliphatic hydroxyl groups excluding tert-OH is 1. The first-order valence-electron chi connectivity index (χ1n) is 6.40. The summed E-state index contributed by atoms with van der Waals surface area (Å²) in [6.45, 7) is 1.69. The van der Waals surface area contributed by atoms with Crippen LogP contribution in [0.25, 0.3) is 10.9 Å². The van der Waals surface area contributed by atoms with Crippen LogP contribution in [0.5, 0.6) is 11.6 Å². The highest BCUT2D eigenvalue weighted by molar-refractivity contribution is 5.84. The number of benzene rings is 1. The predicted molar refractivity (Wildman–Crippen MR) is 76.7 cm³/mol. The maximum absolute atomic E-state index is 9.76. The van der Waals surface area contributed by atoms with Gasteiger partial charge in [-0.2, -0.15) is 0 Å². The van der Waals surface area contributed by atoms with Gasteiger partial charge in [0.2, 0.25) is 5.88 Å². The van der Waals surface area contributed by atoms with Gasteiger partial charge in [-0.05, 0) is 31.2 Å². The van der Waals surface area contributed by atoms with E-state index in [1.165, 1.54) is 0 Å². The summed E-state index contributed by atoms with van der Waals surface area (Å²) in [6.07, 6.45) is 2.73. The van der Waals surface area contributed by atoms with E-state index in [0.29, 0.717) is 17.2 Å². The molecule has 100 valence electrons. The van der Waals surface area contributed by atoms with Crippen molar-refractivity contribution in [2.24, 2.45) is 0 Å². The number of fused-ring (bicyclic) bond motifs is 1. The van der Waals surface area contributed by atoms with E-state index in [4.69, 9.17) is 4.74 Å². The number of aromatic nitrogens is 2. The molecule has 4 heteroatoms. The van der Waals surface area contributed by atoms with Crippen molar-refractivity contribution in [3.63, 3.8) is 0 Å². The predicted octanol–water partition coefficient (Wildman–Crippen LogP) is 3.48. The second-order valence-corrected chi connectivity index (χ2v) is 4.51. The summed E-state index contributed by atoms with van der Waals surface area (Å²) < 4.78 is 5.85. The molecule has 20 heavy (non-hydrogen) atoms. The van der Waals surface area contributed by atoms with E-state index in [2.05, 4.69) is 9.97 Å². The molecule has 0 fully saturated rings. The number of hydrogen-bond acceptors (Lipinski definition) is 4. The molecule has 3 rings (SSSR count). The Morgan fingerprint density at radius 1 is 1.00 bits per heavy atom. The summed E-state index contributed by atoms with van der Waals surface area (Å²) in [7, 11) is 0. The molecule has 1 aromatic carbocycles. The summed E-state index contributed by atoms with van der Waals surface area (Å²) >= 11 is 0. The molecule has 1 N–H and O–H groups in total. The Morgan fingerprint density at radius 2 is 1.75 bits per heavy atom. The van der Waals surface area contributed by atoms with Crippen molar-refractivity contribution in [2.45, 2.75) is 13.0 Å². The van der Waals surface area contributed by atoms with Crippen LogP contribution in [0.4, 0.5) is 0 Å². The Morgan fingerprint density at radius 3 is 2.60 bits per heavy atom. The van der Waals surface area contributed by atoms with Crippen molar-refractivity contribution in [1.29, 1.82) is 0 Å². The van der Waals surface area contributed by atoms with Crippen molar-refractivity contribution in [3.8, 4) is 11.6 Å². The molecule has 0 radical (unpaired) electrons. The molecule has 3 aromatic rings. The van der Waals surface area contributed by atoms with E-state index >= 15 is 0 Å². The van der Waals surface area contributed by atoms with Crippen LogP contribution in [-0.2, 0) is 0 Å². The van der Waals surface area contributed by atoms with Crippen molar-refractivity contribution >= 4 is 10.9 Å². The topological polar surface area (TPSA) is 55.2 Å². The van der Waals surface area contributed by atoms with Gasteiger partial charge in [0.25, 0.3) is 0 Å². The molecule has 0 aliphatic carbocycles. The lowest BCUT2D eigenvalue weighted by atomic mass is 10.2. The molecule has 2 aromatic heterocycles. The number of para-hydroxylation sites is 1. The minimum absolute atomic E-state index is 0.403. The second kappa shape index (κ2) is 5.27. The number of aliphatic hydroxyl groups is 1. The van der Waals surface area contributed by atoms with E-state index in [0.717, 1.165) is 10.9 Å². The third-order valence-corrected chi connectivity index (χ3v) is 3.05. The smallest absolute Gasteiger partial charge is 0.225 e. The van der Waals surface area contributed by atoms with Gasteiger partial charge in [-0.15, -0.1) is 0 Å². The average Bonchev–Trinajstić information content (AvgIpc) is 2.48. The summed E-state index contributed by atoms with van der Waals surface area (Å²) in [5.41, 5.74) is 1.43. The highest BCUT2D eigenvalue weighted by atomic mass is 16.5. The number of pyridine rings is 2. The second-order valence-electron chi connectivity index (χ2n) is 4.51. The van der Waals surface area contributed by atoms with E-state index in [1.54, 1.807) is 31.5 Å². The van der Waals surface area contributed by atoms with Crippen LogP contribution in [0, 0.1) is 0 Å². The van der Waals surface area contributed by atoms with Gasteiger partial charge >= 0.3 is 0 Å². The summed E-state index contributed by atoms with van der Waals surface area (Å²) in [5, 5.41) is 10.8. The molecule has 0 saturated heterocycles. The molecule has 1 atom stereocenters. The lowest BCUT2D eigenvalue weighted by Crippen LogP contribution is -1.98. The van der Waals surface area contributed by atoms with Crippen LogP contribution in [0.15, 0.2) is 54.9 Å². The SMILES string of the molecule is C[C@H](O)c1cccnc1Oc1cccc2cccnc12. The van der Waals surface area contributed by atoms with Gasteiger partial charge in [0.05, 0.1) is 6.10 Å². The fourth-order valence-corrected chi connectivity index (χ4v) is 2.07. The maximum atomic E-state index is 9.76. The molecule has 4 nitrogen and oxygen atoms in total. The zero-order chi connectivity index (χ0) is 13.9. The van der Waals surface area contributed by atoms with Crippen LogP contribution < -0.4 is 4.74 Å². The molecule has 0 unspecified atom stereocenters. The standard InChI is InChI=1S/C16H14N2O2/c1-11(19)13-7-4-10-18-16(13)20-14-8-2-5-12-6-3-9-17-15(12)14/h2-11,19H,1H3/t11-/m0/s1. The van der Waals surface area contributed by atoms with Crippen molar-refractivity contribution in [3.05, 3.63) is 60.4 Å². The molecule has 0 spiro atoms. The zero-order valence-electron chi connectivity index (χ0n) is 11.0. The normalized spacial score (nSPS) is 12.3. The first-order chi connectivity index (χ1) is 9.75. The monoisotopic (exact) mass is 266 g/mol. The molecule has 0 bridgehead atoms. The van der Waals surface area contributed by atoms with Crippen LogP contribution >= 0.6 is 0 Å². The summed E-state index contributed by atoms with van der Waals surface area (Å²) in [6, 6.07) is 13.2. The number of hydrogen-bond donors (Lipinski definition) is 1. The van der Waals surface area contributed by atoms with Crippen molar-refractivity contribution in [1.82, 2.24) is 9.97 Å². The van der Waals surface area contributed by atoms with Gasteiger partial charge in [0.1, 0.15) is 5.52 Å². The van der Waals surface area contributed by atoms with Crippen LogP contribution in [0.1, 0.15) is 18.6 Å². The third kappa shape index (κ3) is 2.33. The first-order valence-corrected chi connectivity index (χ1v) is 6.40. The van der Waals surface area contributed by atoms with E-state index in [9.17, 15) is 5.11 Å². The molecular weight excluding hydrogens is 252 g/mol. The highest BCUT2D eigenvalue weighted by Crippen LogP contribution is 2.31. The van der Waals surface area contributed by atoms with Crippen LogP contribution in [0.3, 0.4) is 0 Å². The van der Waals surface area contributed by atoms with Crippen LogP contribution in [-0.4, -0.2) is 15.1 Å². The number of ether oxygens (including phenoxy) is 1. The van der Waals surface area contributed by atoms with Gasteiger partial charge in [0.15, 0.2) is 5.75 Å². The summed E-state index contributed by atoms with van der Waals surface area (Å²) in [5.74, 6) is 1.03. The van der Waals surface area contributed by atoms with Gasteiger partial charge in [-0.3, -0.25) is 4.98 Å². The Balaban J connectivity index is 2.06. The Labute approximate surface area is 116 Å². The first kappa shape index (κ1) is 12.6. The van der Waals surface area contributed by atoms with Crippen molar-refractivity contribution < 1.29 is 9.84 Å². The molecular formula is C16H14N2O2. The van der Waals surface area contributed by atoms with Gasteiger partial charge in [-0.1, -0.05) is 18.2 Å². The van der Waals surface area contributed by atoms with E-state index < -0.39 is 6.10 Å². The fourth-order valence-electron chi connectivity index (χ4n) is 2.07. The molecule has 2 heterocycles. The lowest BCUT2D eigenvalue weighted by Gasteiger charge is -2.12.